The molecule has 0 radical (unpaired) electrons. The molecule has 2 aromatic rings. The van der Waals surface area contributed by atoms with E-state index in [-0.39, 0.29) is 16.9 Å². The average Bonchev–Trinajstić information content (AvgIpc) is 2.99. The molecule has 1 amide bonds. The van der Waals surface area contributed by atoms with E-state index in [9.17, 15) is 4.79 Å². The molecule has 2 aliphatic rings. The maximum Gasteiger partial charge on any atom is 0.207 e. The van der Waals surface area contributed by atoms with Gasteiger partial charge in [0, 0.05) is 34.5 Å². The molecule has 1 saturated carbocycles. The molecule has 4 rings (SSSR count). The Kier molecular flexibility index (Phi) is 3.22. The molecule has 1 aromatic heterocycles. The number of aromatic nitrogens is 1. The monoisotopic (exact) mass is 322 g/mol. The Morgan fingerprint density at radius 2 is 2.12 bits per heavy atom. The lowest BCUT2D eigenvalue weighted by Crippen LogP contribution is -2.55. The summed E-state index contributed by atoms with van der Waals surface area (Å²) in [6.07, 6.45) is 7.28. The Labute approximate surface area is 143 Å². The molecule has 0 bridgehead atoms. The van der Waals surface area contributed by atoms with Gasteiger partial charge in [-0.1, -0.05) is 39.0 Å². The van der Waals surface area contributed by atoms with E-state index in [0.717, 1.165) is 19.3 Å². The van der Waals surface area contributed by atoms with E-state index >= 15 is 0 Å². The van der Waals surface area contributed by atoms with E-state index in [2.05, 4.69) is 62.0 Å². The second-order valence-electron chi connectivity index (χ2n) is 8.34. The SMILES string of the molecule is C=C[C@@]1(C)CC[C@H]2[C@H](c3c[nH]c4cccc(c34)C2(C)C)[C@H]1NC=O. The van der Waals surface area contributed by atoms with E-state index in [4.69, 9.17) is 0 Å². The summed E-state index contributed by atoms with van der Waals surface area (Å²) in [6.45, 7) is 11.0. The van der Waals surface area contributed by atoms with Crippen LogP contribution in [0.4, 0.5) is 0 Å². The Balaban J connectivity index is 1.99. The fourth-order valence-electron chi connectivity index (χ4n) is 5.46. The molecule has 126 valence electrons. The average molecular weight is 322 g/mol. The molecule has 3 heteroatoms. The first-order valence-corrected chi connectivity index (χ1v) is 8.88. The van der Waals surface area contributed by atoms with Gasteiger partial charge in [-0.3, -0.25) is 4.79 Å². The number of carbonyl (C=O) groups is 1. The molecule has 1 fully saturated rings. The lowest BCUT2D eigenvalue weighted by Gasteiger charge is -2.55. The zero-order chi connectivity index (χ0) is 17.1. The van der Waals surface area contributed by atoms with Gasteiger partial charge >= 0.3 is 0 Å². The van der Waals surface area contributed by atoms with Crippen LogP contribution >= 0.6 is 0 Å². The van der Waals surface area contributed by atoms with Crippen LogP contribution in [0, 0.1) is 11.3 Å². The number of rotatable bonds is 3. The van der Waals surface area contributed by atoms with E-state index < -0.39 is 0 Å². The van der Waals surface area contributed by atoms with Crippen LogP contribution in [0.3, 0.4) is 0 Å². The summed E-state index contributed by atoms with van der Waals surface area (Å²) in [7, 11) is 0. The second kappa shape index (κ2) is 4.98. The van der Waals surface area contributed by atoms with Gasteiger partial charge in [0.2, 0.25) is 6.41 Å². The first-order valence-electron chi connectivity index (χ1n) is 8.88. The van der Waals surface area contributed by atoms with Crippen LogP contribution in [-0.2, 0) is 10.2 Å². The molecule has 1 heterocycles. The van der Waals surface area contributed by atoms with Crippen LogP contribution in [0.15, 0.2) is 37.1 Å². The van der Waals surface area contributed by atoms with Gasteiger partial charge in [0.1, 0.15) is 0 Å². The highest BCUT2D eigenvalue weighted by atomic mass is 16.1. The first kappa shape index (κ1) is 15.5. The van der Waals surface area contributed by atoms with Crippen molar-refractivity contribution in [1.82, 2.24) is 10.3 Å². The minimum atomic E-state index is -0.0754. The Bertz CT molecular complexity index is 818. The molecule has 0 spiro atoms. The predicted molar refractivity (Wildman–Crippen MR) is 98.1 cm³/mol. The number of amides is 1. The molecular formula is C21H26N2O. The van der Waals surface area contributed by atoms with Crippen molar-refractivity contribution >= 4 is 17.3 Å². The van der Waals surface area contributed by atoms with Gasteiger partial charge in [0.15, 0.2) is 0 Å². The number of H-pyrrole nitrogens is 1. The van der Waals surface area contributed by atoms with Gasteiger partial charge in [-0.15, -0.1) is 6.58 Å². The number of fused-ring (bicyclic) bond motifs is 2. The minimum absolute atomic E-state index is 0.0754. The van der Waals surface area contributed by atoms with E-state index in [0.29, 0.717) is 11.8 Å². The summed E-state index contributed by atoms with van der Waals surface area (Å²) in [5.41, 5.74) is 4.00. The predicted octanol–water partition coefficient (Wildman–Crippen LogP) is 4.26. The smallest absolute Gasteiger partial charge is 0.207 e. The lowest BCUT2D eigenvalue weighted by molar-refractivity contribution is -0.111. The van der Waals surface area contributed by atoms with Crippen LogP contribution in [0.1, 0.15) is 50.7 Å². The Morgan fingerprint density at radius 3 is 2.83 bits per heavy atom. The molecule has 2 aliphatic carbocycles. The summed E-state index contributed by atoms with van der Waals surface area (Å²) >= 11 is 0. The minimum Gasteiger partial charge on any atom is -0.361 e. The third-order valence-corrected chi connectivity index (χ3v) is 6.93. The Hall–Kier alpha value is -2.03. The van der Waals surface area contributed by atoms with Gasteiger partial charge < -0.3 is 10.3 Å². The van der Waals surface area contributed by atoms with Crippen molar-refractivity contribution in [1.29, 1.82) is 0 Å². The highest BCUT2D eigenvalue weighted by Gasteiger charge is 2.53. The summed E-state index contributed by atoms with van der Waals surface area (Å²) in [5.74, 6) is 0.822. The summed E-state index contributed by atoms with van der Waals surface area (Å²) in [4.78, 5) is 14.8. The topological polar surface area (TPSA) is 44.9 Å². The molecule has 0 unspecified atom stereocenters. The zero-order valence-electron chi connectivity index (χ0n) is 14.7. The van der Waals surface area contributed by atoms with Gasteiger partial charge in [0.25, 0.3) is 0 Å². The molecule has 2 N–H and O–H groups in total. The standard InChI is InChI=1S/C21H26N2O/c1-5-21(4)10-9-15-18(19(21)23-12-24)13-11-22-16-8-6-7-14(17(13)16)20(15,2)3/h5-8,11-12,15,18-19,22H,1,9-10H2,2-4H3,(H,23,24)/t15-,18-,19+,21-/m0/s1. The van der Waals surface area contributed by atoms with E-state index in [1.54, 1.807) is 0 Å². The maximum absolute atomic E-state index is 11.4. The molecule has 4 atom stereocenters. The highest BCUT2D eigenvalue weighted by Crippen LogP contribution is 2.58. The van der Waals surface area contributed by atoms with E-state index in [1.165, 1.54) is 22.0 Å². The number of hydrogen-bond donors (Lipinski definition) is 2. The quantitative estimate of drug-likeness (QED) is 0.643. The van der Waals surface area contributed by atoms with Crippen molar-refractivity contribution in [3.8, 4) is 0 Å². The summed E-state index contributed by atoms with van der Waals surface area (Å²) in [6, 6.07) is 6.66. The van der Waals surface area contributed by atoms with Crippen molar-refractivity contribution in [2.24, 2.45) is 11.3 Å². The molecule has 3 nitrogen and oxygen atoms in total. The van der Waals surface area contributed by atoms with Crippen molar-refractivity contribution in [2.45, 2.75) is 51.0 Å². The molecule has 0 saturated heterocycles. The second-order valence-corrected chi connectivity index (χ2v) is 8.34. The van der Waals surface area contributed by atoms with Crippen LogP contribution < -0.4 is 5.32 Å². The van der Waals surface area contributed by atoms with Crippen LogP contribution in [0.2, 0.25) is 0 Å². The molecule has 1 aromatic carbocycles. The van der Waals surface area contributed by atoms with Crippen molar-refractivity contribution < 1.29 is 4.79 Å². The van der Waals surface area contributed by atoms with E-state index in [1.807, 2.05) is 6.08 Å². The third-order valence-electron chi connectivity index (χ3n) is 6.93. The number of aromatic amines is 1. The largest absolute Gasteiger partial charge is 0.361 e. The maximum atomic E-state index is 11.4. The zero-order valence-corrected chi connectivity index (χ0v) is 14.7. The van der Waals surface area contributed by atoms with Crippen molar-refractivity contribution in [3.63, 3.8) is 0 Å². The van der Waals surface area contributed by atoms with Gasteiger partial charge in [-0.05, 0) is 41.4 Å². The number of nitrogens with one attached hydrogen (secondary N) is 2. The van der Waals surface area contributed by atoms with Gasteiger partial charge in [0.05, 0.1) is 0 Å². The lowest BCUT2D eigenvalue weighted by atomic mass is 9.51. The highest BCUT2D eigenvalue weighted by molar-refractivity contribution is 5.89. The van der Waals surface area contributed by atoms with Crippen LogP contribution in [-0.4, -0.2) is 17.4 Å². The van der Waals surface area contributed by atoms with Crippen molar-refractivity contribution in [2.75, 3.05) is 0 Å². The fourth-order valence-corrected chi connectivity index (χ4v) is 5.46. The molecule has 24 heavy (non-hydrogen) atoms. The molecular weight excluding hydrogens is 296 g/mol. The number of carbonyl (C=O) groups excluding carboxylic acids is 1. The molecule has 0 aliphatic heterocycles. The summed E-state index contributed by atoms with van der Waals surface area (Å²) in [5, 5.41) is 4.52. The Morgan fingerprint density at radius 1 is 1.33 bits per heavy atom. The number of benzene rings is 1. The number of hydrogen-bond acceptors (Lipinski definition) is 1. The van der Waals surface area contributed by atoms with Gasteiger partial charge in [-0.25, -0.2) is 0 Å². The van der Waals surface area contributed by atoms with Gasteiger partial charge in [-0.2, -0.15) is 0 Å². The normalized spacial score (nSPS) is 33.7. The first-order chi connectivity index (χ1) is 11.4. The van der Waals surface area contributed by atoms with Crippen molar-refractivity contribution in [3.05, 3.63) is 48.2 Å². The van der Waals surface area contributed by atoms with Crippen LogP contribution in [0.25, 0.3) is 10.9 Å². The summed E-state index contributed by atoms with van der Waals surface area (Å²) < 4.78 is 0. The fraction of sp³-hybridized carbons (Fsp3) is 0.476. The van der Waals surface area contributed by atoms with Crippen LogP contribution in [0.5, 0.6) is 0 Å². The third kappa shape index (κ3) is 1.81.